The quantitative estimate of drug-likeness (QED) is 0.252. The smallest absolute Gasteiger partial charge is 0.407 e. The third-order valence-corrected chi connectivity index (χ3v) is 9.46. The van der Waals surface area contributed by atoms with Crippen LogP contribution in [0, 0.1) is 0 Å². The molecule has 1 aliphatic rings. The molecule has 0 radical (unpaired) electrons. The van der Waals surface area contributed by atoms with E-state index in [4.69, 9.17) is 4.74 Å². The number of carbonyl (C=O) groups is 3. The molecule has 1 heterocycles. The Hall–Kier alpha value is -3.61. The van der Waals surface area contributed by atoms with E-state index in [1.807, 2.05) is 60.9 Å². The summed E-state index contributed by atoms with van der Waals surface area (Å²) in [4.78, 5) is 39.5. The van der Waals surface area contributed by atoms with Crippen molar-refractivity contribution in [2.45, 2.75) is 42.1 Å². The van der Waals surface area contributed by atoms with Crippen molar-refractivity contribution in [1.29, 1.82) is 0 Å². The van der Waals surface area contributed by atoms with Gasteiger partial charge in [-0.2, -0.15) is 11.8 Å². The number of ether oxygens (including phenoxy) is 1. The van der Waals surface area contributed by atoms with Crippen LogP contribution in [0.2, 0.25) is 0 Å². The van der Waals surface area contributed by atoms with Crippen LogP contribution in [0.25, 0.3) is 10.8 Å². The average Bonchev–Trinajstić information content (AvgIpc) is 3.46. The lowest BCUT2D eigenvalue weighted by molar-refractivity contribution is -0.137. The number of nitrogens with zero attached hydrogens (tertiary/aromatic N) is 1. The molecule has 42 heavy (non-hydrogen) atoms. The van der Waals surface area contributed by atoms with Crippen LogP contribution in [-0.2, 0) is 31.0 Å². The normalized spacial score (nSPS) is 16.7. The molecular weight excluding hydrogens is 576 g/mol. The van der Waals surface area contributed by atoms with E-state index < -0.39 is 34.6 Å². The molecule has 2 atom stereocenters. The number of sulfonamides is 1. The SMILES string of the molecule is CSC1C[C@@H](C(=O)NCCCCNC(=O)OCc2ccccc2)N(C(=O)CNS(=O)(=O)c2ccc3ccccc3c2)C1. The van der Waals surface area contributed by atoms with Crippen molar-refractivity contribution in [3.63, 3.8) is 0 Å². The molecule has 0 spiro atoms. The van der Waals surface area contributed by atoms with Gasteiger partial charge in [0.15, 0.2) is 0 Å². The molecule has 3 aromatic rings. The summed E-state index contributed by atoms with van der Waals surface area (Å²) in [5, 5.41) is 7.35. The van der Waals surface area contributed by atoms with E-state index in [0.29, 0.717) is 38.9 Å². The standard InChI is InChI=1S/C30H36N4O6S2/c1-41-25-18-27(29(36)31-15-7-8-16-32-30(37)40-21-22-9-3-2-4-10-22)34(20-25)28(35)19-33-42(38,39)26-14-13-23-11-5-6-12-24(23)17-26/h2-6,9-14,17,25,27,33H,7-8,15-16,18-21H2,1H3,(H,31,36)(H,32,37)/t25?,27-/m0/s1. The molecule has 1 saturated heterocycles. The fraction of sp³-hybridized carbons (Fsp3) is 0.367. The maximum Gasteiger partial charge on any atom is 0.407 e. The Kier molecular flexibility index (Phi) is 11.2. The molecule has 4 rings (SSSR count). The minimum absolute atomic E-state index is 0.0747. The van der Waals surface area contributed by atoms with E-state index in [2.05, 4.69) is 15.4 Å². The summed E-state index contributed by atoms with van der Waals surface area (Å²) in [6, 6.07) is 21.0. The molecular formula is C30H36N4O6S2. The van der Waals surface area contributed by atoms with Gasteiger partial charge in [-0.25, -0.2) is 17.9 Å². The predicted octanol–water partition coefficient (Wildman–Crippen LogP) is 3.27. The van der Waals surface area contributed by atoms with Crippen molar-refractivity contribution in [1.82, 2.24) is 20.3 Å². The molecule has 3 amide bonds. The highest BCUT2D eigenvalue weighted by molar-refractivity contribution is 7.99. The Balaban J connectivity index is 1.20. The van der Waals surface area contributed by atoms with Gasteiger partial charge in [0.25, 0.3) is 0 Å². The second kappa shape index (κ2) is 15.0. The number of fused-ring (bicyclic) bond motifs is 1. The third kappa shape index (κ3) is 8.70. The molecule has 3 aromatic carbocycles. The lowest BCUT2D eigenvalue weighted by atomic mass is 10.1. The summed E-state index contributed by atoms with van der Waals surface area (Å²) >= 11 is 1.57. The van der Waals surface area contributed by atoms with Crippen LogP contribution in [0.4, 0.5) is 4.79 Å². The molecule has 0 saturated carbocycles. The number of thioether (sulfide) groups is 1. The Bertz CT molecular complexity index is 1490. The van der Waals surface area contributed by atoms with Gasteiger partial charge in [0.1, 0.15) is 12.6 Å². The first-order chi connectivity index (χ1) is 20.3. The largest absolute Gasteiger partial charge is 0.445 e. The van der Waals surface area contributed by atoms with Crippen molar-refractivity contribution in [2.75, 3.05) is 32.4 Å². The molecule has 1 unspecified atom stereocenters. The van der Waals surface area contributed by atoms with Crippen LogP contribution in [-0.4, -0.2) is 75.0 Å². The number of benzene rings is 3. The minimum Gasteiger partial charge on any atom is -0.445 e. The topological polar surface area (TPSA) is 134 Å². The van der Waals surface area contributed by atoms with E-state index >= 15 is 0 Å². The summed E-state index contributed by atoms with van der Waals surface area (Å²) in [6.45, 7) is 0.915. The molecule has 224 valence electrons. The fourth-order valence-electron chi connectivity index (χ4n) is 4.71. The van der Waals surface area contributed by atoms with Crippen LogP contribution in [0.15, 0.2) is 77.7 Å². The van der Waals surface area contributed by atoms with Gasteiger partial charge in [0, 0.05) is 24.9 Å². The number of alkyl carbamates (subject to hydrolysis) is 1. The van der Waals surface area contributed by atoms with Crippen LogP contribution >= 0.6 is 11.8 Å². The maximum absolute atomic E-state index is 13.1. The van der Waals surface area contributed by atoms with Gasteiger partial charge < -0.3 is 20.3 Å². The second-order valence-corrected chi connectivity index (χ2v) is 12.9. The van der Waals surface area contributed by atoms with E-state index in [0.717, 1.165) is 16.3 Å². The lowest BCUT2D eigenvalue weighted by Gasteiger charge is -2.24. The summed E-state index contributed by atoms with van der Waals surface area (Å²) in [7, 11) is -3.92. The van der Waals surface area contributed by atoms with Crippen molar-refractivity contribution >= 4 is 50.5 Å². The number of nitrogens with one attached hydrogen (secondary N) is 3. The van der Waals surface area contributed by atoms with Gasteiger partial charge in [0.05, 0.1) is 11.4 Å². The summed E-state index contributed by atoms with van der Waals surface area (Å²) in [5.74, 6) is -0.721. The average molecular weight is 613 g/mol. The van der Waals surface area contributed by atoms with Crippen molar-refractivity contribution in [2.24, 2.45) is 0 Å². The lowest BCUT2D eigenvalue weighted by Crippen LogP contribution is -2.49. The predicted molar refractivity (Wildman–Crippen MR) is 163 cm³/mol. The Morgan fingerprint density at radius 2 is 1.62 bits per heavy atom. The Morgan fingerprint density at radius 3 is 2.36 bits per heavy atom. The highest BCUT2D eigenvalue weighted by Crippen LogP contribution is 2.26. The van der Waals surface area contributed by atoms with Crippen LogP contribution in [0.1, 0.15) is 24.8 Å². The van der Waals surface area contributed by atoms with E-state index in [-0.39, 0.29) is 22.7 Å². The van der Waals surface area contributed by atoms with Crippen LogP contribution in [0.5, 0.6) is 0 Å². The van der Waals surface area contributed by atoms with Crippen LogP contribution < -0.4 is 15.4 Å². The summed E-state index contributed by atoms with van der Waals surface area (Å²) < 4.78 is 33.4. The van der Waals surface area contributed by atoms with Gasteiger partial charge >= 0.3 is 6.09 Å². The van der Waals surface area contributed by atoms with Gasteiger partial charge in [-0.3, -0.25) is 9.59 Å². The number of amides is 3. The van der Waals surface area contributed by atoms with E-state index in [1.54, 1.807) is 23.9 Å². The van der Waals surface area contributed by atoms with Gasteiger partial charge in [-0.15, -0.1) is 0 Å². The van der Waals surface area contributed by atoms with Crippen LogP contribution in [0.3, 0.4) is 0 Å². The zero-order valence-electron chi connectivity index (χ0n) is 23.5. The van der Waals surface area contributed by atoms with Gasteiger partial charge in [0.2, 0.25) is 21.8 Å². The van der Waals surface area contributed by atoms with Gasteiger partial charge in [-0.1, -0.05) is 60.7 Å². The molecule has 3 N–H and O–H groups in total. The zero-order valence-corrected chi connectivity index (χ0v) is 25.1. The van der Waals surface area contributed by atoms with E-state index in [1.165, 1.54) is 11.0 Å². The summed E-state index contributed by atoms with van der Waals surface area (Å²) in [6.07, 6.45) is 3.18. The molecule has 12 heteroatoms. The highest BCUT2D eigenvalue weighted by atomic mass is 32.2. The number of likely N-dealkylation sites (tertiary alicyclic amines) is 1. The monoisotopic (exact) mass is 612 g/mol. The van der Waals surface area contributed by atoms with Crippen molar-refractivity contribution in [3.8, 4) is 0 Å². The molecule has 0 aliphatic carbocycles. The zero-order chi connectivity index (χ0) is 30.0. The van der Waals surface area contributed by atoms with Crippen molar-refractivity contribution < 1.29 is 27.5 Å². The first-order valence-electron chi connectivity index (χ1n) is 13.8. The maximum atomic E-state index is 13.1. The Labute approximate surface area is 250 Å². The fourth-order valence-corrected chi connectivity index (χ4v) is 6.41. The second-order valence-electron chi connectivity index (χ2n) is 9.98. The number of hydrogen-bond donors (Lipinski definition) is 3. The minimum atomic E-state index is -3.92. The molecule has 1 aliphatic heterocycles. The highest BCUT2D eigenvalue weighted by Gasteiger charge is 2.39. The third-order valence-electron chi connectivity index (χ3n) is 7.05. The Morgan fingerprint density at radius 1 is 0.929 bits per heavy atom. The molecule has 10 nitrogen and oxygen atoms in total. The molecule has 0 aromatic heterocycles. The number of rotatable bonds is 13. The van der Waals surface area contributed by atoms with Crippen molar-refractivity contribution in [3.05, 3.63) is 78.4 Å². The van der Waals surface area contributed by atoms with Gasteiger partial charge in [-0.05, 0) is 54.0 Å². The first kappa shape index (κ1) is 31.3. The first-order valence-corrected chi connectivity index (χ1v) is 16.6. The summed E-state index contributed by atoms with van der Waals surface area (Å²) in [5.41, 5.74) is 0.904. The molecule has 1 fully saturated rings. The number of hydrogen-bond acceptors (Lipinski definition) is 7. The molecule has 0 bridgehead atoms. The number of carbonyl (C=O) groups excluding carboxylic acids is 3. The van der Waals surface area contributed by atoms with E-state index in [9.17, 15) is 22.8 Å². The number of unbranched alkanes of at least 4 members (excludes halogenated alkanes) is 1.